The van der Waals surface area contributed by atoms with Crippen LogP contribution < -0.4 is 5.32 Å². The number of carbonyl (C=O) groups is 1. The Kier molecular flexibility index (Phi) is 5.49. The monoisotopic (exact) mass is 408 g/mol. The van der Waals surface area contributed by atoms with Crippen LogP contribution in [0.1, 0.15) is 5.69 Å². The van der Waals surface area contributed by atoms with Crippen molar-refractivity contribution in [1.82, 2.24) is 4.98 Å². The van der Waals surface area contributed by atoms with Gasteiger partial charge >= 0.3 is 30.5 Å². The van der Waals surface area contributed by atoms with E-state index >= 15 is 0 Å². The van der Waals surface area contributed by atoms with Crippen molar-refractivity contribution in [3.63, 3.8) is 0 Å². The summed E-state index contributed by atoms with van der Waals surface area (Å²) in [5, 5.41) is -0.0793. The molecular weight excluding hydrogens is 406 g/mol. The molecule has 0 saturated carbocycles. The molecule has 1 N–H and O–H groups in total. The van der Waals surface area contributed by atoms with E-state index in [1.807, 2.05) is 4.74 Å². The van der Waals surface area contributed by atoms with Crippen molar-refractivity contribution in [2.75, 3.05) is 5.32 Å². The van der Waals surface area contributed by atoms with Crippen molar-refractivity contribution in [3.8, 4) is 0 Å². The molecule has 1 aromatic heterocycles. The number of rotatable bonds is 4. The fourth-order valence-corrected chi connectivity index (χ4v) is 1.47. The Balaban J connectivity index is 3.11. The summed E-state index contributed by atoms with van der Waals surface area (Å²) in [6.45, 7) is 0. The lowest BCUT2D eigenvalue weighted by atomic mass is 10.2. The smallest absolute Gasteiger partial charge is 0.320 e. The fraction of sp³-hybridized carbons (Fsp3) is 0.400. The molecule has 0 unspecified atom stereocenters. The Morgan fingerprint density at radius 1 is 1.00 bits per heavy atom. The minimum Gasteiger partial charge on any atom is -0.320 e. The lowest BCUT2D eigenvalue weighted by molar-refractivity contribution is -0.457. The number of halogens is 11. The van der Waals surface area contributed by atoms with Gasteiger partial charge in [-0.3, -0.25) is 4.79 Å². The molecule has 25 heavy (non-hydrogen) atoms. The third-order valence-electron chi connectivity index (χ3n) is 2.24. The van der Waals surface area contributed by atoms with Gasteiger partial charge in [0.1, 0.15) is 10.8 Å². The number of hydrogen-bond donors (Lipinski definition) is 1. The number of nitrogens with zero attached hydrogens (tertiary/aromatic N) is 1. The Morgan fingerprint density at radius 2 is 1.52 bits per heavy atom. The van der Waals surface area contributed by atoms with Gasteiger partial charge in [0.05, 0.1) is 0 Å². The molecule has 4 nitrogen and oxygen atoms in total. The number of carbonyl (C=O) groups excluding carboxylic acids is 1. The van der Waals surface area contributed by atoms with Gasteiger partial charge in [-0.2, -0.15) is 30.7 Å². The maximum absolute atomic E-state index is 13.2. The van der Waals surface area contributed by atoms with Crippen LogP contribution in [0, 0.1) is 0 Å². The summed E-state index contributed by atoms with van der Waals surface area (Å²) >= 11 is 5.16. The molecule has 0 aliphatic carbocycles. The number of alkyl halides is 10. The second-order valence-corrected chi connectivity index (χ2v) is 4.54. The lowest BCUT2D eigenvalue weighted by Crippen LogP contribution is -2.53. The van der Waals surface area contributed by atoms with Crippen LogP contribution in [0.3, 0.4) is 0 Å². The van der Waals surface area contributed by atoms with Gasteiger partial charge in [0.2, 0.25) is 0 Å². The van der Waals surface area contributed by atoms with E-state index < -0.39 is 47.0 Å². The second kappa shape index (κ2) is 6.48. The number of ether oxygens (including phenoxy) is 1. The van der Waals surface area contributed by atoms with Gasteiger partial charge in [0.25, 0.3) is 0 Å². The zero-order chi connectivity index (χ0) is 19.8. The molecule has 0 radical (unpaired) electrons. The summed E-state index contributed by atoms with van der Waals surface area (Å²) in [4.78, 5) is 13.9. The Morgan fingerprint density at radius 3 is 1.96 bits per heavy atom. The predicted octanol–water partition coefficient (Wildman–Crippen LogP) is 4.46. The highest BCUT2D eigenvalue weighted by Crippen LogP contribution is 2.41. The van der Waals surface area contributed by atoms with E-state index in [4.69, 9.17) is 11.6 Å². The summed E-state index contributed by atoms with van der Waals surface area (Å²) in [7, 11) is 0. The minimum atomic E-state index is -6.33. The van der Waals surface area contributed by atoms with Crippen LogP contribution >= 0.6 is 11.6 Å². The molecule has 1 rings (SSSR count). The highest BCUT2D eigenvalue weighted by Gasteiger charge is 2.67. The Hall–Kier alpha value is -1.83. The van der Waals surface area contributed by atoms with Crippen LogP contribution in [0.25, 0.3) is 0 Å². The zero-order valence-electron chi connectivity index (χ0n) is 11.1. The second-order valence-electron chi connectivity index (χ2n) is 4.15. The van der Waals surface area contributed by atoms with Crippen molar-refractivity contribution in [3.05, 3.63) is 23.0 Å². The van der Waals surface area contributed by atoms with Gasteiger partial charge in [-0.25, -0.2) is 9.72 Å². The molecule has 0 atom stereocenters. The molecule has 1 amide bonds. The third kappa shape index (κ3) is 5.32. The average molecular weight is 409 g/mol. The largest absolute Gasteiger partial charge is 0.527 e. The third-order valence-corrected chi connectivity index (χ3v) is 2.43. The first-order chi connectivity index (χ1) is 11.0. The zero-order valence-corrected chi connectivity index (χ0v) is 11.8. The number of aromatic nitrogens is 1. The Bertz CT molecular complexity index is 658. The van der Waals surface area contributed by atoms with Gasteiger partial charge in [0, 0.05) is 5.69 Å². The molecule has 142 valence electrons. The highest BCUT2D eigenvalue weighted by atomic mass is 35.5. The van der Waals surface area contributed by atoms with Crippen LogP contribution in [-0.2, 0) is 15.7 Å². The van der Waals surface area contributed by atoms with E-state index in [1.54, 1.807) is 0 Å². The number of pyridine rings is 1. The molecule has 0 spiro atoms. The maximum Gasteiger partial charge on any atom is 0.527 e. The molecule has 0 aromatic carbocycles. The first-order valence-electron chi connectivity index (χ1n) is 5.54. The molecular formula is C10H3ClF10N2O2. The van der Waals surface area contributed by atoms with E-state index in [-0.39, 0.29) is 6.07 Å². The van der Waals surface area contributed by atoms with E-state index in [2.05, 4.69) is 4.98 Å². The maximum atomic E-state index is 13.2. The van der Waals surface area contributed by atoms with Crippen LogP contribution in [0.2, 0.25) is 5.15 Å². The SMILES string of the molecule is O=C(Nc1cc(Cl)nc(C(F)(F)F)c1)C(F)(F)C(F)(F)OC(F)(F)F. The first-order valence-corrected chi connectivity index (χ1v) is 5.92. The summed E-state index contributed by atoms with van der Waals surface area (Å²) in [6, 6.07) is 0.316. The van der Waals surface area contributed by atoms with Gasteiger partial charge in [-0.1, -0.05) is 11.6 Å². The van der Waals surface area contributed by atoms with Crippen LogP contribution in [0.5, 0.6) is 0 Å². The minimum absolute atomic E-state index is 0.0530. The molecule has 1 aromatic rings. The van der Waals surface area contributed by atoms with E-state index in [9.17, 15) is 48.7 Å². The number of hydrogen-bond acceptors (Lipinski definition) is 3. The number of amides is 1. The Labute approximate surface area is 135 Å². The lowest BCUT2D eigenvalue weighted by Gasteiger charge is -2.25. The highest BCUT2D eigenvalue weighted by molar-refractivity contribution is 6.29. The fourth-order valence-electron chi connectivity index (χ4n) is 1.27. The quantitative estimate of drug-likeness (QED) is 0.591. The van der Waals surface area contributed by atoms with E-state index in [1.165, 1.54) is 0 Å². The van der Waals surface area contributed by atoms with Crippen LogP contribution in [-0.4, -0.2) is 29.3 Å². The summed E-state index contributed by atoms with van der Waals surface area (Å²) in [6.07, 6.45) is -17.7. The van der Waals surface area contributed by atoms with Gasteiger partial charge in [0.15, 0.2) is 0 Å². The molecule has 0 bridgehead atoms. The molecule has 0 saturated heterocycles. The van der Waals surface area contributed by atoms with Crippen molar-refractivity contribution < 1.29 is 53.4 Å². The molecule has 0 aliphatic heterocycles. The van der Waals surface area contributed by atoms with Crippen molar-refractivity contribution in [2.45, 2.75) is 24.6 Å². The number of anilines is 1. The summed E-state index contributed by atoms with van der Waals surface area (Å²) in [5.41, 5.74) is -2.95. The van der Waals surface area contributed by atoms with Crippen molar-refractivity contribution >= 4 is 23.2 Å². The van der Waals surface area contributed by atoms with Crippen molar-refractivity contribution in [1.29, 1.82) is 0 Å². The molecule has 0 fully saturated rings. The topological polar surface area (TPSA) is 51.2 Å². The summed E-state index contributed by atoms with van der Waals surface area (Å²) < 4.78 is 126. The summed E-state index contributed by atoms with van der Waals surface area (Å²) in [5.74, 6) is -9.16. The average Bonchev–Trinajstić information content (AvgIpc) is 2.33. The molecule has 1 heterocycles. The molecule has 0 aliphatic rings. The van der Waals surface area contributed by atoms with Crippen molar-refractivity contribution in [2.24, 2.45) is 0 Å². The van der Waals surface area contributed by atoms with Crippen LogP contribution in [0.4, 0.5) is 49.6 Å². The van der Waals surface area contributed by atoms with E-state index in [0.717, 1.165) is 5.32 Å². The van der Waals surface area contributed by atoms with Gasteiger partial charge in [-0.15, -0.1) is 13.2 Å². The standard InChI is InChI=1S/C10H3ClF10N2O2/c11-5-2-3(1-4(23-5)8(14,15)16)22-6(24)7(12,13)9(17,18)25-10(19,20)21/h1-2H,(H,22,23,24). The van der Waals surface area contributed by atoms with E-state index in [0.29, 0.717) is 6.07 Å². The van der Waals surface area contributed by atoms with Gasteiger partial charge < -0.3 is 5.32 Å². The predicted molar refractivity (Wildman–Crippen MR) is 59.9 cm³/mol. The first kappa shape index (κ1) is 21.2. The number of nitrogens with one attached hydrogen (secondary N) is 1. The van der Waals surface area contributed by atoms with Gasteiger partial charge in [-0.05, 0) is 12.1 Å². The molecule has 15 heteroatoms. The normalized spacial score (nSPS) is 13.7. The van der Waals surface area contributed by atoms with Crippen LogP contribution in [0.15, 0.2) is 12.1 Å².